The zero-order valence-electron chi connectivity index (χ0n) is 16.1. The van der Waals surface area contributed by atoms with Gasteiger partial charge < -0.3 is 17.2 Å². The van der Waals surface area contributed by atoms with Crippen molar-refractivity contribution < 1.29 is 0 Å². The Balaban J connectivity index is 1.63. The summed E-state index contributed by atoms with van der Waals surface area (Å²) in [6.45, 7) is 3.98. The minimum Gasteiger partial charge on any atom is -0.384 e. The summed E-state index contributed by atoms with van der Waals surface area (Å²) in [7, 11) is 0. The Morgan fingerprint density at radius 1 is 0.966 bits per heavy atom. The molecular formula is C21H24N8. The molecule has 0 saturated carbocycles. The maximum absolute atomic E-state index is 6.05. The van der Waals surface area contributed by atoms with Crippen molar-refractivity contribution in [2.45, 2.75) is 19.4 Å². The van der Waals surface area contributed by atoms with Gasteiger partial charge in [0.25, 0.3) is 0 Å². The van der Waals surface area contributed by atoms with E-state index in [0.717, 1.165) is 24.1 Å². The number of hydrogen-bond acceptors (Lipinski definition) is 7. The van der Waals surface area contributed by atoms with E-state index in [1.54, 1.807) is 12.1 Å². The Kier molecular flexibility index (Phi) is 6.36. The van der Waals surface area contributed by atoms with Crippen LogP contribution in [0.4, 0.5) is 11.6 Å². The molecule has 0 saturated heterocycles. The molecule has 148 valence electrons. The van der Waals surface area contributed by atoms with Gasteiger partial charge in [-0.3, -0.25) is 4.98 Å². The highest BCUT2D eigenvalue weighted by Gasteiger charge is 2.09. The third-order valence-electron chi connectivity index (χ3n) is 4.35. The minimum atomic E-state index is 0.189. The maximum atomic E-state index is 6.05. The average Bonchev–Trinajstić information content (AvgIpc) is 2.73. The van der Waals surface area contributed by atoms with Crippen molar-refractivity contribution in [1.29, 1.82) is 0 Å². The third-order valence-corrected chi connectivity index (χ3v) is 4.35. The molecule has 0 aliphatic rings. The first-order chi connectivity index (χ1) is 14.0. The maximum Gasteiger partial charge on any atom is 0.156 e. The van der Waals surface area contributed by atoms with Crippen molar-refractivity contribution in [3.05, 3.63) is 83.2 Å². The summed E-state index contributed by atoms with van der Waals surface area (Å²) in [6.07, 6.45) is 3.64. The highest BCUT2D eigenvalue weighted by molar-refractivity contribution is 6.01. The largest absolute Gasteiger partial charge is 0.384 e. The second-order valence-corrected chi connectivity index (χ2v) is 6.46. The lowest BCUT2D eigenvalue weighted by Crippen LogP contribution is -2.22. The quantitative estimate of drug-likeness (QED) is 0.308. The topological polar surface area (TPSA) is 132 Å². The number of aromatic nitrogens is 2. The number of benzene rings is 1. The van der Waals surface area contributed by atoms with Gasteiger partial charge in [-0.25, -0.2) is 4.98 Å². The predicted octanol–water partition coefficient (Wildman–Crippen LogP) is 2.16. The van der Waals surface area contributed by atoms with E-state index in [-0.39, 0.29) is 11.7 Å². The van der Waals surface area contributed by atoms with Crippen molar-refractivity contribution in [2.75, 3.05) is 11.5 Å². The molecule has 3 rings (SSSR count). The SMILES string of the molecule is C=NN(Cc1ccc(CCc2ccccn2)cc1)/N=C(\N)c1ccc(N)nc1N. The van der Waals surface area contributed by atoms with Crippen LogP contribution in [0.1, 0.15) is 22.4 Å². The molecular weight excluding hydrogens is 364 g/mol. The number of anilines is 2. The van der Waals surface area contributed by atoms with E-state index in [1.807, 2.05) is 36.5 Å². The zero-order valence-corrected chi connectivity index (χ0v) is 16.1. The molecule has 6 N–H and O–H groups in total. The van der Waals surface area contributed by atoms with Crippen LogP contribution in [0.15, 0.2) is 71.0 Å². The van der Waals surface area contributed by atoms with E-state index in [1.165, 1.54) is 10.7 Å². The van der Waals surface area contributed by atoms with Gasteiger partial charge in [-0.15, -0.1) is 5.10 Å². The van der Waals surface area contributed by atoms with Crippen molar-refractivity contribution in [3.8, 4) is 0 Å². The number of nitrogens with zero attached hydrogens (tertiary/aromatic N) is 5. The Labute approximate surface area is 169 Å². The molecule has 3 aromatic rings. The standard InChI is InChI=1S/C21H24N8/c1-25-29(28-21(24)18-11-12-19(22)27-20(18)23)14-16-7-5-15(6-8-16)9-10-17-4-2-3-13-26-17/h2-8,11-13H,1,9-10,14H2,(H2,24,28)(H4,22,23,27). The number of nitrogens with two attached hydrogens (primary N) is 3. The first-order valence-corrected chi connectivity index (χ1v) is 9.13. The van der Waals surface area contributed by atoms with Gasteiger partial charge in [-0.05, 0) is 48.2 Å². The molecule has 8 heteroatoms. The van der Waals surface area contributed by atoms with Crippen LogP contribution in [0, 0.1) is 0 Å². The number of amidine groups is 1. The molecule has 0 bridgehead atoms. The van der Waals surface area contributed by atoms with Gasteiger partial charge in [0.15, 0.2) is 5.84 Å². The normalized spacial score (nSPS) is 11.2. The van der Waals surface area contributed by atoms with Crippen molar-refractivity contribution in [1.82, 2.24) is 15.1 Å². The molecule has 0 amide bonds. The molecule has 0 atom stereocenters. The molecule has 2 aromatic heterocycles. The fourth-order valence-electron chi connectivity index (χ4n) is 2.80. The highest BCUT2D eigenvalue weighted by atomic mass is 15.7. The van der Waals surface area contributed by atoms with Crippen molar-refractivity contribution in [3.63, 3.8) is 0 Å². The molecule has 0 spiro atoms. The summed E-state index contributed by atoms with van der Waals surface area (Å²) in [6, 6.07) is 17.5. The van der Waals surface area contributed by atoms with Crippen LogP contribution < -0.4 is 17.2 Å². The monoisotopic (exact) mass is 388 g/mol. The summed E-state index contributed by atoms with van der Waals surface area (Å²) in [5.74, 6) is 0.725. The predicted molar refractivity (Wildman–Crippen MR) is 117 cm³/mol. The van der Waals surface area contributed by atoms with Crippen LogP contribution in [0.25, 0.3) is 0 Å². The number of hydrazone groups is 2. The van der Waals surface area contributed by atoms with E-state index in [4.69, 9.17) is 17.2 Å². The highest BCUT2D eigenvalue weighted by Crippen LogP contribution is 2.13. The van der Waals surface area contributed by atoms with Crippen molar-refractivity contribution in [2.24, 2.45) is 15.9 Å². The zero-order chi connectivity index (χ0) is 20.6. The summed E-state index contributed by atoms with van der Waals surface area (Å²) in [5, 5.41) is 9.61. The molecule has 2 heterocycles. The smallest absolute Gasteiger partial charge is 0.156 e. The lowest BCUT2D eigenvalue weighted by Gasteiger charge is -2.14. The Bertz CT molecular complexity index is 983. The van der Waals surface area contributed by atoms with E-state index in [0.29, 0.717) is 17.9 Å². The van der Waals surface area contributed by atoms with Gasteiger partial charge in [0.2, 0.25) is 0 Å². The van der Waals surface area contributed by atoms with Gasteiger partial charge in [0, 0.05) is 18.6 Å². The molecule has 0 radical (unpaired) electrons. The molecule has 0 aliphatic heterocycles. The molecule has 0 aliphatic carbocycles. The van der Waals surface area contributed by atoms with Gasteiger partial charge >= 0.3 is 0 Å². The van der Waals surface area contributed by atoms with Crippen LogP contribution in [-0.4, -0.2) is 27.6 Å². The van der Waals surface area contributed by atoms with Gasteiger partial charge in [-0.1, -0.05) is 30.3 Å². The Morgan fingerprint density at radius 2 is 1.72 bits per heavy atom. The van der Waals surface area contributed by atoms with Crippen molar-refractivity contribution >= 4 is 24.2 Å². The van der Waals surface area contributed by atoms with Crippen LogP contribution in [0.3, 0.4) is 0 Å². The number of nitrogen functional groups attached to an aromatic ring is 2. The van der Waals surface area contributed by atoms with E-state index in [2.05, 4.69) is 39.0 Å². The van der Waals surface area contributed by atoms with E-state index >= 15 is 0 Å². The minimum absolute atomic E-state index is 0.189. The third kappa shape index (κ3) is 5.52. The van der Waals surface area contributed by atoms with Crippen LogP contribution in [-0.2, 0) is 19.4 Å². The fraction of sp³-hybridized carbons (Fsp3) is 0.143. The first-order valence-electron chi connectivity index (χ1n) is 9.13. The van der Waals surface area contributed by atoms with Crippen LogP contribution >= 0.6 is 0 Å². The average molecular weight is 388 g/mol. The second kappa shape index (κ2) is 9.32. The lowest BCUT2D eigenvalue weighted by atomic mass is 10.1. The molecule has 0 fully saturated rings. The Morgan fingerprint density at radius 3 is 2.38 bits per heavy atom. The second-order valence-electron chi connectivity index (χ2n) is 6.46. The first kappa shape index (κ1) is 19.8. The van der Waals surface area contributed by atoms with Crippen LogP contribution in [0.2, 0.25) is 0 Å². The summed E-state index contributed by atoms with van der Waals surface area (Å²) >= 11 is 0. The number of pyridine rings is 2. The number of rotatable bonds is 8. The number of hydrogen-bond donors (Lipinski definition) is 3. The van der Waals surface area contributed by atoms with E-state index < -0.39 is 0 Å². The number of aryl methyl sites for hydroxylation is 2. The van der Waals surface area contributed by atoms with Gasteiger partial charge in [0.1, 0.15) is 11.6 Å². The van der Waals surface area contributed by atoms with Gasteiger partial charge in [0.05, 0.1) is 12.1 Å². The summed E-state index contributed by atoms with van der Waals surface area (Å²) in [4.78, 5) is 8.34. The molecule has 8 nitrogen and oxygen atoms in total. The van der Waals surface area contributed by atoms with E-state index in [9.17, 15) is 0 Å². The summed E-state index contributed by atoms with van der Waals surface area (Å²) < 4.78 is 0. The van der Waals surface area contributed by atoms with Gasteiger partial charge in [-0.2, -0.15) is 10.2 Å². The van der Waals surface area contributed by atoms with Crippen LogP contribution in [0.5, 0.6) is 0 Å². The molecule has 29 heavy (non-hydrogen) atoms. The Hall–Kier alpha value is -3.94. The molecule has 1 aromatic carbocycles. The summed E-state index contributed by atoms with van der Waals surface area (Å²) in [5.41, 5.74) is 21.4. The fourth-order valence-corrected chi connectivity index (χ4v) is 2.80. The molecule has 0 unspecified atom stereocenters. The lowest BCUT2D eigenvalue weighted by molar-refractivity contribution is 0.298.